The Bertz CT molecular complexity index is 625. The predicted octanol–water partition coefficient (Wildman–Crippen LogP) is 2.72. The average Bonchev–Trinajstić information content (AvgIpc) is 2.54. The van der Waals surface area contributed by atoms with Crippen LogP contribution in [0.25, 0.3) is 0 Å². The van der Waals surface area contributed by atoms with Gasteiger partial charge in [0.05, 0.1) is 11.9 Å². The van der Waals surface area contributed by atoms with Gasteiger partial charge in [0.15, 0.2) is 0 Å². The van der Waals surface area contributed by atoms with Crippen LogP contribution in [0.3, 0.4) is 0 Å². The molecular formula is C16H17N3O. The maximum atomic E-state index is 12.5. The molecule has 2 aromatic rings. The minimum Gasteiger partial charge on any atom is -0.385 e. The fourth-order valence-electron chi connectivity index (χ4n) is 2.47. The Morgan fingerprint density at radius 2 is 2.25 bits per heavy atom. The van der Waals surface area contributed by atoms with Gasteiger partial charge in [0.25, 0.3) is 5.91 Å². The van der Waals surface area contributed by atoms with E-state index in [1.54, 1.807) is 24.3 Å². The molecule has 2 heterocycles. The SMILES string of the molecule is CN(C(=O)c1ccc2c(c1)CCCN2)c1cccnc1. The second kappa shape index (κ2) is 5.33. The highest BCUT2D eigenvalue weighted by Gasteiger charge is 2.16. The zero-order chi connectivity index (χ0) is 13.9. The van der Waals surface area contributed by atoms with Crippen LogP contribution in [-0.4, -0.2) is 24.5 Å². The summed E-state index contributed by atoms with van der Waals surface area (Å²) in [6.07, 6.45) is 5.54. The van der Waals surface area contributed by atoms with Crippen molar-refractivity contribution in [2.45, 2.75) is 12.8 Å². The van der Waals surface area contributed by atoms with Crippen LogP contribution in [0.15, 0.2) is 42.7 Å². The number of nitrogens with one attached hydrogen (secondary N) is 1. The van der Waals surface area contributed by atoms with Crippen LogP contribution in [-0.2, 0) is 6.42 Å². The Morgan fingerprint density at radius 1 is 1.35 bits per heavy atom. The first-order valence-electron chi connectivity index (χ1n) is 6.80. The number of carbonyl (C=O) groups is 1. The largest absolute Gasteiger partial charge is 0.385 e. The summed E-state index contributed by atoms with van der Waals surface area (Å²) in [4.78, 5) is 18.2. The first-order chi connectivity index (χ1) is 9.75. The van der Waals surface area contributed by atoms with E-state index in [4.69, 9.17) is 0 Å². The quantitative estimate of drug-likeness (QED) is 0.910. The zero-order valence-electron chi connectivity index (χ0n) is 11.5. The summed E-state index contributed by atoms with van der Waals surface area (Å²) in [7, 11) is 1.77. The molecule has 1 aliphatic rings. The molecule has 0 bridgehead atoms. The molecule has 0 aliphatic carbocycles. The van der Waals surface area contributed by atoms with Crippen LogP contribution < -0.4 is 10.2 Å². The highest BCUT2D eigenvalue weighted by Crippen LogP contribution is 2.24. The van der Waals surface area contributed by atoms with Crippen molar-refractivity contribution in [3.8, 4) is 0 Å². The van der Waals surface area contributed by atoms with E-state index < -0.39 is 0 Å². The average molecular weight is 267 g/mol. The van der Waals surface area contributed by atoms with E-state index >= 15 is 0 Å². The van der Waals surface area contributed by atoms with Crippen molar-refractivity contribution in [1.82, 2.24) is 4.98 Å². The predicted molar refractivity (Wildman–Crippen MR) is 80.2 cm³/mol. The molecule has 1 aromatic heterocycles. The third kappa shape index (κ3) is 2.37. The molecule has 20 heavy (non-hydrogen) atoms. The van der Waals surface area contributed by atoms with E-state index in [0.717, 1.165) is 36.3 Å². The van der Waals surface area contributed by atoms with Gasteiger partial charge in [0.1, 0.15) is 0 Å². The fraction of sp³-hybridized carbons (Fsp3) is 0.250. The van der Waals surface area contributed by atoms with Crippen LogP contribution in [0.5, 0.6) is 0 Å². The Labute approximate surface area is 118 Å². The molecular weight excluding hydrogens is 250 g/mol. The topological polar surface area (TPSA) is 45.2 Å². The number of fused-ring (bicyclic) bond motifs is 1. The van der Waals surface area contributed by atoms with Crippen LogP contribution in [0, 0.1) is 0 Å². The molecule has 1 amide bonds. The van der Waals surface area contributed by atoms with Gasteiger partial charge in [-0.3, -0.25) is 9.78 Å². The Morgan fingerprint density at radius 3 is 3.05 bits per heavy atom. The summed E-state index contributed by atoms with van der Waals surface area (Å²) in [5, 5.41) is 3.35. The molecule has 0 unspecified atom stereocenters. The zero-order valence-corrected chi connectivity index (χ0v) is 11.5. The minimum absolute atomic E-state index is 0.00799. The third-order valence-electron chi connectivity index (χ3n) is 3.63. The number of aryl methyl sites for hydroxylation is 1. The number of hydrogen-bond acceptors (Lipinski definition) is 3. The molecule has 102 valence electrons. The monoisotopic (exact) mass is 267 g/mol. The summed E-state index contributed by atoms with van der Waals surface area (Å²) < 4.78 is 0. The van der Waals surface area contributed by atoms with Crippen LogP contribution >= 0.6 is 0 Å². The molecule has 0 saturated carbocycles. The van der Waals surface area contributed by atoms with E-state index in [1.807, 2.05) is 30.3 Å². The lowest BCUT2D eigenvalue weighted by atomic mass is 10.0. The van der Waals surface area contributed by atoms with E-state index in [1.165, 1.54) is 5.56 Å². The van der Waals surface area contributed by atoms with Gasteiger partial charge >= 0.3 is 0 Å². The second-order valence-electron chi connectivity index (χ2n) is 4.98. The number of nitrogens with zero attached hydrogens (tertiary/aromatic N) is 2. The van der Waals surface area contributed by atoms with Crippen molar-refractivity contribution in [2.75, 3.05) is 23.8 Å². The molecule has 0 fully saturated rings. The second-order valence-corrected chi connectivity index (χ2v) is 4.98. The van der Waals surface area contributed by atoms with Gasteiger partial charge in [-0.05, 0) is 48.7 Å². The standard InChI is InChI=1S/C16H17N3O/c1-19(14-5-3-8-17-11-14)16(20)13-6-7-15-12(10-13)4-2-9-18-15/h3,5-8,10-11,18H,2,4,9H2,1H3. The third-order valence-corrected chi connectivity index (χ3v) is 3.63. The summed E-state index contributed by atoms with van der Waals surface area (Å²) in [6.45, 7) is 1.01. The molecule has 1 aliphatic heterocycles. The molecule has 0 spiro atoms. The molecule has 4 heteroatoms. The Balaban J connectivity index is 1.87. The number of pyridine rings is 1. The lowest BCUT2D eigenvalue weighted by Gasteiger charge is -2.21. The highest BCUT2D eigenvalue weighted by molar-refractivity contribution is 6.06. The number of carbonyl (C=O) groups excluding carboxylic acids is 1. The molecule has 0 saturated heterocycles. The number of anilines is 2. The van der Waals surface area contributed by atoms with Crippen LogP contribution in [0.1, 0.15) is 22.3 Å². The first-order valence-corrected chi connectivity index (χ1v) is 6.80. The number of amides is 1. The first kappa shape index (κ1) is 12.7. The molecule has 3 rings (SSSR count). The lowest BCUT2D eigenvalue weighted by molar-refractivity contribution is 0.0993. The van der Waals surface area contributed by atoms with Crippen molar-refractivity contribution >= 4 is 17.3 Å². The lowest BCUT2D eigenvalue weighted by Crippen LogP contribution is -2.26. The van der Waals surface area contributed by atoms with Crippen molar-refractivity contribution in [2.24, 2.45) is 0 Å². The number of hydrogen-bond donors (Lipinski definition) is 1. The van der Waals surface area contributed by atoms with Gasteiger partial charge in [-0.1, -0.05) is 0 Å². The summed E-state index contributed by atoms with van der Waals surface area (Å²) in [5.41, 5.74) is 3.89. The number of rotatable bonds is 2. The molecule has 0 atom stereocenters. The molecule has 1 N–H and O–H groups in total. The van der Waals surface area contributed by atoms with Crippen molar-refractivity contribution < 1.29 is 4.79 Å². The van der Waals surface area contributed by atoms with Crippen LogP contribution in [0.2, 0.25) is 0 Å². The van der Waals surface area contributed by atoms with Gasteiger partial charge < -0.3 is 10.2 Å². The highest BCUT2D eigenvalue weighted by atomic mass is 16.2. The minimum atomic E-state index is -0.00799. The number of aromatic nitrogens is 1. The van der Waals surface area contributed by atoms with Crippen molar-refractivity contribution in [3.63, 3.8) is 0 Å². The maximum absolute atomic E-state index is 12.5. The van der Waals surface area contributed by atoms with Crippen LogP contribution in [0.4, 0.5) is 11.4 Å². The maximum Gasteiger partial charge on any atom is 0.258 e. The fourth-order valence-corrected chi connectivity index (χ4v) is 2.47. The Hall–Kier alpha value is -2.36. The normalized spacial score (nSPS) is 13.2. The smallest absolute Gasteiger partial charge is 0.258 e. The van der Waals surface area contributed by atoms with Gasteiger partial charge in [-0.15, -0.1) is 0 Å². The molecule has 1 aromatic carbocycles. The van der Waals surface area contributed by atoms with Gasteiger partial charge in [-0.2, -0.15) is 0 Å². The van der Waals surface area contributed by atoms with Crippen molar-refractivity contribution in [3.05, 3.63) is 53.9 Å². The van der Waals surface area contributed by atoms with Gasteiger partial charge in [-0.25, -0.2) is 0 Å². The van der Waals surface area contributed by atoms with E-state index in [0.29, 0.717) is 0 Å². The van der Waals surface area contributed by atoms with E-state index in [-0.39, 0.29) is 5.91 Å². The van der Waals surface area contributed by atoms with Crippen molar-refractivity contribution in [1.29, 1.82) is 0 Å². The number of benzene rings is 1. The summed E-state index contributed by atoms with van der Waals surface area (Å²) in [5.74, 6) is -0.00799. The van der Waals surface area contributed by atoms with E-state index in [9.17, 15) is 4.79 Å². The van der Waals surface area contributed by atoms with E-state index in [2.05, 4.69) is 10.3 Å². The Kier molecular flexibility index (Phi) is 3.37. The molecule has 0 radical (unpaired) electrons. The van der Waals surface area contributed by atoms with Gasteiger partial charge in [0.2, 0.25) is 0 Å². The summed E-state index contributed by atoms with van der Waals surface area (Å²) >= 11 is 0. The summed E-state index contributed by atoms with van der Waals surface area (Å²) in [6, 6.07) is 9.59. The molecule has 4 nitrogen and oxygen atoms in total. The van der Waals surface area contributed by atoms with Gasteiger partial charge in [0, 0.05) is 31.0 Å².